The number of hydrogen-bond acceptors (Lipinski definition) is 4. The zero-order chi connectivity index (χ0) is 20.4. The number of ether oxygens (including phenoxy) is 3. The van der Waals surface area contributed by atoms with Crippen LogP contribution in [0.2, 0.25) is 0 Å². The maximum atomic E-state index is 13.0. The molecule has 0 bridgehead atoms. The number of alkyl halides is 3. The van der Waals surface area contributed by atoms with Crippen LogP contribution in [0.1, 0.15) is 41.2 Å². The van der Waals surface area contributed by atoms with Crippen molar-refractivity contribution in [3.8, 4) is 17.2 Å². The summed E-state index contributed by atoms with van der Waals surface area (Å²) in [6.07, 6.45) is -2.30. The predicted molar refractivity (Wildman–Crippen MR) is 98.2 cm³/mol. The molecule has 2 heterocycles. The molecular weight excluding hydrogens is 387 g/mol. The molecule has 0 spiro atoms. The van der Waals surface area contributed by atoms with Gasteiger partial charge in [0.1, 0.15) is 5.75 Å². The molecule has 2 aliphatic heterocycles. The van der Waals surface area contributed by atoms with Crippen molar-refractivity contribution in [1.29, 1.82) is 0 Å². The molecule has 5 nitrogen and oxygen atoms in total. The first-order chi connectivity index (χ1) is 13.9. The normalized spacial score (nSPS) is 19.0. The Hall–Kier alpha value is -2.90. The number of rotatable bonds is 3. The second kappa shape index (κ2) is 7.85. The van der Waals surface area contributed by atoms with E-state index in [0.29, 0.717) is 36.8 Å². The van der Waals surface area contributed by atoms with Crippen molar-refractivity contribution in [3.05, 3.63) is 53.6 Å². The summed E-state index contributed by atoms with van der Waals surface area (Å²) in [6, 6.07) is 10.6. The van der Waals surface area contributed by atoms with Gasteiger partial charge in [-0.25, -0.2) is 0 Å². The van der Waals surface area contributed by atoms with E-state index in [2.05, 4.69) is 4.74 Å². The van der Waals surface area contributed by atoms with Crippen LogP contribution >= 0.6 is 0 Å². The number of halogens is 3. The highest BCUT2D eigenvalue weighted by molar-refractivity contribution is 5.94. The van der Waals surface area contributed by atoms with E-state index in [1.165, 1.54) is 12.1 Å². The van der Waals surface area contributed by atoms with Crippen LogP contribution in [0.15, 0.2) is 42.5 Å². The third-order valence-electron chi connectivity index (χ3n) is 5.00. The Labute approximate surface area is 166 Å². The predicted octanol–water partition coefficient (Wildman–Crippen LogP) is 4.72. The van der Waals surface area contributed by atoms with Crippen molar-refractivity contribution < 1.29 is 32.2 Å². The third-order valence-corrected chi connectivity index (χ3v) is 5.00. The molecule has 0 unspecified atom stereocenters. The van der Waals surface area contributed by atoms with Crippen molar-refractivity contribution in [2.24, 2.45) is 0 Å². The summed E-state index contributed by atoms with van der Waals surface area (Å²) in [6.45, 7) is 1.77. The van der Waals surface area contributed by atoms with Gasteiger partial charge >= 0.3 is 6.36 Å². The van der Waals surface area contributed by atoms with E-state index in [-0.39, 0.29) is 17.7 Å². The maximum Gasteiger partial charge on any atom is 0.573 e. The van der Waals surface area contributed by atoms with E-state index in [1.807, 2.05) is 18.2 Å². The number of fused-ring (bicyclic) bond motifs is 1. The third kappa shape index (κ3) is 4.41. The van der Waals surface area contributed by atoms with Crippen LogP contribution in [0.25, 0.3) is 0 Å². The summed E-state index contributed by atoms with van der Waals surface area (Å²) in [7, 11) is 0. The zero-order valence-corrected chi connectivity index (χ0v) is 15.6. The molecule has 2 aromatic carbocycles. The van der Waals surface area contributed by atoms with Crippen LogP contribution in [0.3, 0.4) is 0 Å². The second-order valence-corrected chi connectivity index (χ2v) is 6.99. The molecule has 2 aromatic rings. The number of carbonyl (C=O) groups is 1. The fourth-order valence-corrected chi connectivity index (χ4v) is 3.71. The van der Waals surface area contributed by atoms with Crippen LogP contribution in [-0.2, 0) is 0 Å². The minimum atomic E-state index is -4.76. The molecule has 1 atom stereocenters. The summed E-state index contributed by atoms with van der Waals surface area (Å²) in [5.41, 5.74) is 1.28. The summed E-state index contributed by atoms with van der Waals surface area (Å²) in [5.74, 6) is 0.795. The average Bonchev–Trinajstić information content (AvgIpc) is 3.05. The van der Waals surface area contributed by atoms with Crippen molar-refractivity contribution in [1.82, 2.24) is 4.90 Å². The van der Waals surface area contributed by atoms with E-state index in [1.54, 1.807) is 4.90 Å². The highest BCUT2D eigenvalue weighted by atomic mass is 19.4. The van der Waals surface area contributed by atoms with Gasteiger partial charge in [0, 0.05) is 18.5 Å². The lowest BCUT2D eigenvalue weighted by molar-refractivity contribution is -0.274. The number of hydrogen-bond donors (Lipinski definition) is 0. The van der Waals surface area contributed by atoms with E-state index >= 15 is 0 Å². The van der Waals surface area contributed by atoms with E-state index in [4.69, 9.17) is 9.47 Å². The van der Waals surface area contributed by atoms with Gasteiger partial charge in [-0.05, 0) is 54.8 Å². The van der Waals surface area contributed by atoms with Gasteiger partial charge in [-0.3, -0.25) is 4.79 Å². The quantitative estimate of drug-likeness (QED) is 0.739. The zero-order valence-electron chi connectivity index (χ0n) is 15.6. The van der Waals surface area contributed by atoms with Crippen molar-refractivity contribution >= 4 is 5.91 Å². The van der Waals surface area contributed by atoms with Gasteiger partial charge in [0.2, 0.25) is 0 Å². The monoisotopic (exact) mass is 407 g/mol. The van der Waals surface area contributed by atoms with E-state index in [9.17, 15) is 18.0 Å². The van der Waals surface area contributed by atoms with Crippen LogP contribution in [0.4, 0.5) is 13.2 Å². The number of benzene rings is 2. The average molecular weight is 407 g/mol. The SMILES string of the molecule is O=C(c1ccc(OC(F)(F)F)cc1)N1CCC[C@@H]1c1ccc2c(c1)OCCCO2. The number of likely N-dealkylation sites (tertiary alicyclic amines) is 1. The maximum absolute atomic E-state index is 13.0. The molecule has 8 heteroatoms. The molecule has 29 heavy (non-hydrogen) atoms. The Morgan fingerprint density at radius 1 is 1.00 bits per heavy atom. The first-order valence-electron chi connectivity index (χ1n) is 9.47. The first-order valence-corrected chi connectivity index (χ1v) is 9.47. The Morgan fingerprint density at radius 3 is 2.45 bits per heavy atom. The largest absolute Gasteiger partial charge is 0.573 e. The summed E-state index contributed by atoms with van der Waals surface area (Å²) in [5, 5.41) is 0. The minimum absolute atomic E-state index is 0.120. The molecule has 0 radical (unpaired) electrons. The molecule has 4 rings (SSSR count). The number of carbonyl (C=O) groups excluding carboxylic acids is 1. The topological polar surface area (TPSA) is 48.0 Å². The molecule has 0 saturated carbocycles. The Kier molecular flexibility index (Phi) is 5.25. The Balaban J connectivity index is 1.52. The lowest BCUT2D eigenvalue weighted by Crippen LogP contribution is -2.30. The van der Waals surface area contributed by atoms with Gasteiger partial charge in [-0.1, -0.05) is 6.07 Å². The first kappa shape index (κ1) is 19.4. The van der Waals surface area contributed by atoms with Crippen molar-refractivity contribution in [2.45, 2.75) is 31.7 Å². The molecule has 2 aliphatic rings. The molecule has 0 aliphatic carbocycles. The van der Waals surface area contributed by atoms with Gasteiger partial charge in [-0.2, -0.15) is 0 Å². The highest BCUT2D eigenvalue weighted by Crippen LogP contribution is 2.38. The Morgan fingerprint density at radius 2 is 1.72 bits per heavy atom. The molecule has 154 valence electrons. The van der Waals surface area contributed by atoms with Gasteiger partial charge in [0.05, 0.1) is 19.3 Å². The lowest BCUT2D eigenvalue weighted by Gasteiger charge is -2.26. The Bertz CT molecular complexity index is 882. The lowest BCUT2D eigenvalue weighted by atomic mass is 10.0. The molecule has 1 fully saturated rings. The summed E-state index contributed by atoms with van der Waals surface area (Å²) in [4.78, 5) is 14.7. The fourth-order valence-electron chi connectivity index (χ4n) is 3.71. The van der Waals surface area contributed by atoms with Crippen LogP contribution < -0.4 is 14.2 Å². The van der Waals surface area contributed by atoms with Crippen molar-refractivity contribution in [2.75, 3.05) is 19.8 Å². The van der Waals surface area contributed by atoms with Gasteiger partial charge in [0.15, 0.2) is 11.5 Å². The van der Waals surface area contributed by atoms with Crippen molar-refractivity contribution in [3.63, 3.8) is 0 Å². The fraction of sp³-hybridized carbons (Fsp3) is 0.381. The summed E-state index contributed by atoms with van der Waals surface area (Å²) < 4.78 is 52.2. The smallest absolute Gasteiger partial charge is 0.490 e. The van der Waals surface area contributed by atoms with Gasteiger partial charge in [0.25, 0.3) is 5.91 Å². The van der Waals surface area contributed by atoms with Crippen LogP contribution in [-0.4, -0.2) is 36.9 Å². The van der Waals surface area contributed by atoms with Crippen LogP contribution in [0, 0.1) is 0 Å². The van der Waals surface area contributed by atoms with E-state index < -0.39 is 6.36 Å². The molecule has 0 N–H and O–H groups in total. The molecule has 1 saturated heterocycles. The molecule has 1 amide bonds. The molecule has 0 aromatic heterocycles. The summed E-state index contributed by atoms with van der Waals surface area (Å²) >= 11 is 0. The standard InChI is InChI=1S/C21H20F3NO4/c22-21(23,24)29-16-7-4-14(5-8-16)20(26)25-10-1-3-17(25)15-6-9-18-19(13-15)28-12-2-11-27-18/h4-9,13,17H,1-3,10-12H2/t17-/m1/s1. The number of amides is 1. The molecular formula is C21H20F3NO4. The van der Waals surface area contributed by atoms with E-state index in [0.717, 1.165) is 37.0 Å². The van der Waals surface area contributed by atoms with Gasteiger partial charge in [-0.15, -0.1) is 13.2 Å². The van der Waals surface area contributed by atoms with Gasteiger partial charge < -0.3 is 19.1 Å². The van der Waals surface area contributed by atoms with Crippen LogP contribution in [0.5, 0.6) is 17.2 Å². The number of nitrogens with zero attached hydrogens (tertiary/aromatic N) is 1. The highest BCUT2D eigenvalue weighted by Gasteiger charge is 2.33. The minimum Gasteiger partial charge on any atom is -0.490 e. The second-order valence-electron chi connectivity index (χ2n) is 6.99.